The summed E-state index contributed by atoms with van der Waals surface area (Å²) in [5.41, 5.74) is 4.80. The van der Waals surface area contributed by atoms with E-state index in [1.165, 1.54) is 31.6 Å². The Morgan fingerprint density at radius 2 is 1.38 bits per heavy atom. The summed E-state index contributed by atoms with van der Waals surface area (Å²) in [5, 5.41) is 1.11. The molecule has 10 heteroatoms. The van der Waals surface area contributed by atoms with Crippen LogP contribution in [0, 0.1) is 0 Å². The SMILES string of the molecule is COc1ccc(C2=C3C=CC(c4nc5ccccc5s4)=[N+]3[B-](F)(F)n3c2ccc3-c2nc3ccccc3s2)cc1. The second-order valence-electron chi connectivity index (χ2n) is 9.61. The van der Waals surface area contributed by atoms with Crippen LogP contribution in [0.25, 0.3) is 36.7 Å². The summed E-state index contributed by atoms with van der Waals surface area (Å²) in [7, 11) is 1.61. The van der Waals surface area contributed by atoms with Crippen LogP contribution in [0.15, 0.2) is 103 Å². The van der Waals surface area contributed by atoms with Gasteiger partial charge in [0.1, 0.15) is 10.8 Å². The van der Waals surface area contributed by atoms with Crippen molar-refractivity contribution in [3.8, 4) is 16.5 Å². The lowest BCUT2D eigenvalue weighted by Gasteiger charge is -2.33. The molecule has 40 heavy (non-hydrogen) atoms. The summed E-state index contributed by atoms with van der Waals surface area (Å²) in [4.78, 5) is 9.46. The summed E-state index contributed by atoms with van der Waals surface area (Å²) in [6, 6.07) is 26.5. The van der Waals surface area contributed by atoms with Crippen LogP contribution in [-0.4, -0.2) is 38.7 Å². The number of aromatic nitrogens is 3. The van der Waals surface area contributed by atoms with E-state index in [9.17, 15) is 0 Å². The van der Waals surface area contributed by atoms with Crippen molar-refractivity contribution in [1.82, 2.24) is 14.4 Å². The fraction of sp³-hybridized carbons (Fsp3) is 0.0333. The molecular weight excluding hydrogens is 545 g/mol. The van der Waals surface area contributed by atoms with Crippen molar-refractivity contribution in [3.05, 3.63) is 119 Å². The number of halogens is 2. The largest absolute Gasteiger partial charge is 0.738 e. The van der Waals surface area contributed by atoms with Crippen molar-refractivity contribution < 1.29 is 17.9 Å². The number of benzene rings is 3. The molecule has 2 aliphatic heterocycles. The van der Waals surface area contributed by atoms with Gasteiger partial charge in [-0.15, -0.1) is 22.7 Å². The third kappa shape index (κ3) is 3.33. The molecule has 0 atom stereocenters. The second kappa shape index (κ2) is 8.55. The van der Waals surface area contributed by atoms with Crippen LogP contribution in [-0.2, 0) is 0 Å². The van der Waals surface area contributed by atoms with E-state index in [1.54, 1.807) is 31.4 Å². The molecule has 5 nitrogen and oxygen atoms in total. The minimum atomic E-state index is -4.29. The molecule has 0 radical (unpaired) electrons. The Balaban J connectivity index is 1.42. The van der Waals surface area contributed by atoms with Crippen LogP contribution in [0.5, 0.6) is 5.75 Å². The first-order valence-corrected chi connectivity index (χ1v) is 14.4. The van der Waals surface area contributed by atoms with E-state index >= 15 is 8.63 Å². The number of fused-ring (bicyclic) bond motifs is 4. The molecule has 0 unspecified atom stereocenters. The molecule has 8 rings (SSSR count). The first-order chi connectivity index (χ1) is 19.5. The second-order valence-corrected chi connectivity index (χ2v) is 11.7. The van der Waals surface area contributed by atoms with Gasteiger partial charge in [0.05, 0.1) is 33.1 Å². The van der Waals surface area contributed by atoms with Gasteiger partial charge in [-0.05, 0) is 54.1 Å². The van der Waals surface area contributed by atoms with Gasteiger partial charge in [-0.25, -0.2) is 9.97 Å². The molecule has 0 amide bonds. The summed E-state index contributed by atoms with van der Waals surface area (Å²) in [6.07, 6.45) is 3.54. The van der Waals surface area contributed by atoms with Gasteiger partial charge in [0.15, 0.2) is 16.4 Å². The van der Waals surface area contributed by atoms with Crippen LogP contribution in [0.2, 0.25) is 0 Å². The zero-order chi connectivity index (χ0) is 27.0. The maximum atomic E-state index is 17.0. The van der Waals surface area contributed by atoms with Gasteiger partial charge in [-0.2, -0.15) is 0 Å². The number of hydrogen-bond donors (Lipinski definition) is 0. The quantitative estimate of drug-likeness (QED) is 0.209. The molecule has 0 saturated heterocycles. The van der Waals surface area contributed by atoms with E-state index in [0.717, 1.165) is 31.6 Å². The average Bonchev–Trinajstić information content (AvgIpc) is 3.76. The minimum Gasteiger partial charge on any atom is -0.497 e. The Bertz CT molecular complexity index is 2020. The normalized spacial score (nSPS) is 15.8. The van der Waals surface area contributed by atoms with E-state index < -0.39 is 6.97 Å². The van der Waals surface area contributed by atoms with E-state index in [0.29, 0.717) is 38.6 Å². The van der Waals surface area contributed by atoms with Gasteiger partial charge < -0.3 is 22.3 Å². The molecule has 0 N–H and O–H groups in total. The monoisotopic (exact) mass is 564 g/mol. The third-order valence-electron chi connectivity index (χ3n) is 7.37. The number of allylic oxidation sites excluding steroid dienone is 2. The standard InChI is InChI=1S/C30H19BF2N4OS2/c1-38-19-12-10-18(11-13-19)28-22-14-16-24(29-34-20-6-2-4-8-26(20)39-29)36(22)31(32,33)37-23(28)15-17-25(37)30-35-21-7-3-5-9-27(21)40-30/h2-17H,1H3. The van der Waals surface area contributed by atoms with Crippen LogP contribution in [0.3, 0.4) is 0 Å². The van der Waals surface area contributed by atoms with Gasteiger partial charge >= 0.3 is 6.97 Å². The number of nitrogens with zero attached hydrogens (tertiary/aromatic N) is 4. The van der Waals surface area contributed by atoms with E-state index in [4.69, 9.17) is 14.7 Å². The first kappa shape index (κ1) is 23.5. The fourth-order valence-corrected chi connectivity index (χ4v) is 7.56. The maximum Gasteiger partial charge on any atom is 0.738 e. The Hall–Kier alpha value is -4.41. The molecule has 2 aliphatic rings. The zero-order valence-electron chi connectivity index (χ0n) is 21.1. The number of thiazole rings is 2. The van der Waals surface area contributed by atoms with E-state index in [2.05, 4.69) is 0 Å². The van der Waals surface area contributed by atoms with Gasteiger partial charge in [-0.3, -0.25) is 0 Å². The van der Waals surface area contributed by atoms with Crippen molar-refractivity contribution >= 4 is 61.4 Å². The number of ether oxygens (including phenoxy) is 1. The Kier molecular flexibility index (Phi) is 5.02. The Morgan fingerprint density at radius 1 is 0.750 bits per heavy atom. The Morgan fingerprint density at radius 3 is 2.05 bits per heavy atom. The zero-order valence-corrected chi connectivity index (χ0v) is 22.7. The molecule has 0 fully saturated rings. The lowest BCUT2D eigenvalue weighted by molar-refractivity contribution is -0.360. The molecule has 6 aromatic rings. The van der Waals surface area contributed by atoms with E-state index in [1.807, 2.05) is 72.8 Å². The van der Waals surface area contributed by atoms with Gasteiger partial charge in [-0.1, -0.05) is 36.4 Å². The molecule has 3 aromatic heterocycles. The van der Waals surface area contributed by atoms with Gasteiger partial charge in [0.2, 0.25) is 0 Å². The first-order valence-electron chi connectivity index (χ1n) is 12.7. The average molecular weight is 564 g/mol. The molecule has 0 saturated carbocycles. The molecule has 0 aliphatic carbocycles. The van der Waals surface area contributed by atoms with Crippen LogP contribution < -0.4 is 4.74 Å². The summed E-state index contributed by atoms with van der Waals surface area (Å²) >= 11 is 2.83. The molecule has 0 bridgehead atoms. The smallest absolute Gasteiger partial charge is 0.497 e. The number of hydrogen-bond acceptors (Lipinski definition) is 5. The lowest BCUT2D eigenvalue weighted by atomic mass is 9.85. The van der Waals surface area contributed by atoms with Crippen molar-refractivity contribution in [2.75, 3.05) is 7.11 Å². The molecular formula is C30H19BF2N4OS2. The summed E-state index contributed by atoms with van der Waals surface area (Å²) in [6.45, 7) is -4.29. The van der Waals surface area contributed by atoms with Crippen molar-refractivity contribution in [1.29, 1.82) is 0 Å². The number of para-hydroxylation sites is 2. The third-order valence-corrected chi connectivity index (χ3v) is 9.49. The lowest BCUT2D eigenvalue weighted by Crippen LogP contribution is -2.51. The van der Waals surface area contributed by atoms with Crippen molar-refractivity contribution in [2.24, 2.45) is 0 Å². The topological polar surface area (TPSA) is 43.0 Å². The molecule has 0 spiro atoms. The van der Waals surface area contributed by atoms with Crippen molar-refractivity contribution in [3.63, 3.8) is 0 Å². The van der Waals surface area contributed by atoms with Gasteiger partial charge in [0.25, 0.3) is 0 Å². The minimum absolute atomic E-state index is 0.391. The Labute approximate surface area is 235 Å². The molecule has 194 valence electrons. The molecule has 3 aromatic carbocycles. The summed E-state index contributed by atoms with van der Waals surface area (Å²) < 4.78 is 43.6. The number of rotatable bonds is 4. The van der Waals surface area contributed by atoms with Crippen LogP contribution >= 0.6 is 22.7 Å². The van der Waals surface area contributed by atoms with E-state index in [-0.39, 0.29) is 0 Å². The highest BCUT2D eigenvalue weighted by Crippen LogP contribution is 2.44. The summed E-state index contributed by atoms with van der Waals surface area (Å²) in [5.74, 6) is 0.700. The molecule has 5 heterocycles. The van der Waals surface area contributed by atoms with Crippen molar-refractivity contribution in [2.45, 2.75) is 0 Å². The van der Waals surface area contributed by atoms with Crippen LogP contribution in [0.1, 0.15) is 16.3 Å². The van der Waals surface area contributed by atoms with Gasteiger partial charge in [0, 0.05) is 23.5 Å². The highest BCUT2D eigenvalue weighted by molar-refractivity contribution is 7.21. The fourth-order valence-electron chi connectivity index (χ4n) is 5.59. The number of methoxy groups -OCH3 is 1. The highest BCUT2D eigenvalue weighted by Gasteiger charge is 2.55. The predicted octanol–water partition coefficient (Wildman–Crippen LogP) is 7.45. The van der Waals surface area contributed by atoms with Crippen LogP contribution in [0.4, 0.5) is 8.63 Å². The highest BCUT2D eigenvalue weighted by atomic mass is 32.1. The maximum absolute atomic E-state index is 17.0. The predicted molar refractivity (Wildman–Crippen MR) is 159 cm³/mol.